The van der Waals surface area contributed by atoms with Crippen LogP contribution in [0.15, 0.2) is 0 Å². The van der Waals surface area contributed by atoms with E-state index in [1.165, 1.54) is 20.9 Å². The topological polar surface area (TPSA) is 113 Å². The average molecular weight is 217 g/mol. The summed E-state index contributed by atoms with van der Waals surface area (Å²) in [7, 11) is 1.35. The predicted octanol–water partition coefficient (Wildman–Crippen LogP) is -1.02. The Bertz CT molecular complexity index is 288. The lowest BCUT2D eigenvalue weighted by molar-refractivity contribution is -0.143. The third kappa shape index (κ3) is 4.30. The SMILES string of the molecule is CN(CC(N)=O)C(=O)NC(C)(C)C(=O)O. The molecule has 7 nitrogen and oxygen atoms in total. The van der Waals surface area contributed by atoms with E-state index in [0.29, 0.717) is 0 Å². The number of likely N-dealkylation sites (N-methyl/N-ethyl adjacent to an activating group) is 1. The first-order chi connectivity index (χ1) is 6.66. The van der Waals surface area contributed by atoms with Crippen LogP contribution in [0.2, 0.25) is 0 Å². The molecular weight excluding hydrogens is 202 g/mol. The number of aliphatic carboxylic acids is 1. The van der Waals surface area contributed by atoms with E-state index in [2.05, 4.69) is 5.32 Å². The van der Waals surface area contributed by atoms with Crippen LogP contribution < -0.4 is 11.1 Å². The van der Waals surface area contributed by atoms with Gasteiger partial charge in [-0.2, -0.15) is 0 Å². The Morgan fingerprint density at radius 2 is 1.87 bits per heavy atom. The van der Waals surface area contributed by atoms with Crippen LogP contribution in [0, 0.1) is 0 Å². The fraction of sp³-hybridized carbons (Fsp3) is 0.625. The smallest absolute Gasteiger partial charge is 0.328 e. The third-order valence-corrected chi connectivity index (χ3v) is 1.69. The third-order valence-electron chi connectivity index (χ3n) is 1.69. The largest absolute Gasteiger partial charge is 0.480 e. The Labute approximate surface area is 87.2 Å². The van der Waals surface area contributed by atoms with Crippen LogP contribution in [0.4, 0.5) is 4.79 Å². The minimum absolute atomic E-state index is 0.262. The second-order valence-electron chi connectivity index (χ2n) is 3.68. The van der Waals surface area contributed by atoms with Gasteiger partial charge in [0.05, 0.1) is 0 Å². The van der Waals surface area contributed by atoms with Crippen molar-refractivity contribution in [1.82, 2.24) is 10.2 Å². The molecule has 0 aliphatic heterocycles. The normalized spacial score (nSPS) is 10.6. The zero-order valence-electron chi connectivity index (χ0n) is 8.90. The number of carbonyl (C=O) groups excluding carboxylic acids is 2. The minimum Gasteiger partial charge on any atom is -0.480 e. The Balaban J connectivity index is 4.36. The van der Waals surface area contributed by atoms with Gasteiger partial charge in [-0.3, -0.25) is 4.79 Å². The summed E-state index contributed by atoms with van der Waals surface area (Å²) in [6, 6.07) is -0.666. The first kappa shape index (κ1) is 13.2. The van der Waals surface area contributed by atoms with Crippen LogP contribution in [0.5, 0.6) is 0 Å². The number of hydrogen-bond donors (Lipinski definition) is 3. The molecule has 0 spiro atoms. The highest BCUT2D eigenvalue weighted by atomic mass is 16.4. The molecule has 0 aromatic carbocycles. The number of nitrogens with zero attached hydrogens (tertiary/aromatic N) is 1. The lowest BCUT2D eigenvalue weighted by Crippen LogP contribution is -2.54. The van der Waals surface area contributed by atoms with Crippen molar-refractivity contribution >= 4 is 17.9 Å². The molecule has 0 bridgehead atoms. The molecule has 0 aliphatic rings. The maximum absolute atomic E-state index is 11.3. The summed E-state index contributed by atoms with van der Waals surface area (Å²) in [5, 5.41) is 11.0. The maximum Gasteiger partial charge on any atom is 0.328 e. The van der Waals surface area contributed by atoms with E-state index < -0.39 is 23.4 Å². The van der Waals surface area contributed by atoms with Gasteiger partial charge in [0.15, 0.2) is 0 Å². The Morgan fingerprint density at radius 3 is 2.20 bits per heavy atom. The molecule has 4 N–H and O–H groups in total. The highest BCUT2D eigenvalue weighted by Gasteiger charge is 2.30. The first-order valence-corrected chi connectivity index (χ1v) is 4.22. The summed E-state index contributed by atoms with van der Waals surface area (Å²) >= 11 is 0. The van der Waals surface area contributed by atoms with E-state index >= 15 is 0 Å². The van der Waals surface area contributed by atoms with Gasteiger partial charge in [0.2, 0.25) is 5.91 Å². The second kappa shape index (κ2) is 4.63. The van der Waals surface area contributed by atoms with E-state index in [0.717, 1.165) is 4.90 Å². The van der Waals surface area contributed by atoms with Crippen LogP contribution in [-0.2, 0) is 9.59 Å². The maximum atomic E-state index is 11.3. The fourth-order valence-corrected chi connectivity index (χ4v) is 0.722. The van der Waals surface area contributed by atoms with Crippen molar-refractivity contribution in [3.63, 3.8) is 0 Å². The summed E-state index contributed by atoms with van der Waals surface area (Å²) in [6.45, 7) is 2.41. The highest BCUT2D eigenvalue weighted by molar-refractivity contribution is 5.87. The molecule has 0 radical (unpaired) electrons. The zero-order valence-corrected chi connectivity index (χ0v) is 8.90. The molecule has 0 unspecified atom stereocenters. The number of hydrogen-bond acceptors (Lipinski definition) is 3. The lowest BCUT2D eigenvalue weighted by Gasteiger charge is -2.24. The van der Waals surface area contributed by atoms with Gasteiger partial charge in [0, 0.05) is 7.05 Å². The van der Waals surface area contributed by atoms with E-state index in [-0.39, 0.29) is 6.54 Å². The van der Waals surface area contributed by atoms with Gasteiger partial charge in [0.1, 0.15) is 12.1 Å². The van der Waals surface area contributed by atoms with E-state index in [1.807, 2.05) is 0 Å². The molecule has 0 saturated heterocycles. The van der Waals surface area contributed by atoms with Gasteiger partial charge < -0.3 is 21.1 Å². The molecule has 3 amide bonds. The summed E-state index contributed by atoms with van der Waals surface area (Å²) < 4.78 is 0. The van der Waals surface area contributed by atoms with Crippen LogP contribution >= 0.6 is 0 Å². The molecule has 0 aromatic heterocycles. The molecule has 86 valence electrons. The van der Waals surface area contributed by atoms with Crippen LogP contribution in [0.25, 0.3) is 0 Å². The van der Waals surface area contributed by atoms with Crippen LogP contribution in [-0.4, -0.2) is 47.0 Å². The monoisotopic (exact) mass is 217 g/mol. The molecule has 15 heavy (non-hydrogen) atoms. The van der Waals surface area contributed by atoms with Crippen molar-refractivity contribution in [1.29, 1.82) is 0 Å². The van der Waals surface area contributed by atoms with Crippen molar-refractivity contribution in [2.45, 2.75) is 19.4 Å². The van der Waals surface area contributed by atoms with Gasteiger partial charge in [-0.1, -0.05) is 0 Å². The number of amides is 3. The van der Waals surface area contributed by atoms with Crippen molar-refractivity contribution in [3.8, 4) is 0 Å². The Hall–Kier alpha value is -1.79. The molecule has 0 aromatic rings. The standard InChI is InChI=1S/C8H15N3O4/c1-8(2,6(13)14)10-7(15)11(3)4-5(9)12/h4H2,1-3H3,(H2,9,12)(H,10,15)(H,13,14). The quantitative estimate of drug-likeness (QED) is 0.559. The summed E-state index contributed by atoms with van der Waals surface area (Å²) in [4.78, 5) is 33.5. The number of carbonyl (C=O) groups is 3. The summed E-state index contributed by atoms with van der Waals surface area (Å²) in [6.07, 6.45) is 0. The molecular formula is C8H15N3O4. The number of nitrogens with one attached hydrogen (secondary N) is 1. The van der Waals surface area contributed by atoms with E-state index in [1.54, 1.807) is 0 Å². The van der Waals surface area contributed by atoms with E-state index in [9.17, 15) is 14.4 Å². The number of rotatable bonds is 4. The number of carboxylic acids is 1. The minimum atomic E-state index is -1.39. The number of urea groups is 1. The number of primary amides is 1. The Morgan fingerprint density at radius 1 is 1.40 bits per heavy atom. The van der Waals surface area contributed by atoms with Gasteiger partial charge in [-0.15, -0.1) is 0 Å². The second-order valence-corrected chi connectivity index (χ2v) is 3.68. The van der Waals surface area contributed by atoms with E-state index in [4.69, 9.17) is 10.8 Å². The number of nitrogens with two attached hydrogens (primary N) is 1. The van der Waals surface area contributed by atoms with Gasteiger partial charge >= 0.3 is 12.0 Å². The number of carboxylic acid groups (broad SMARTS) is 1. The lowest BCUT2D eigenvalue weighted by atomic mass is 10.1. The molecule has 7 heteroatoms. The average Bonchev–Trinajstić information content (AvgIpc) is 2.01. The van der Waals surface area contributed by atoms with Crippen LogP contribution in [0.1, 0.15) is 13.8 Å². The molecule has 0 fully saturated rings. The van der Waals surface area contributed by atoms with Gasteiger partial charge in [-0.05, 0) is 13.8 Å². The van der Waals surface area contributed by atoms with Crippen molar-refractivity contribution in [2.24, 2.45) is 5.73 Å². The van der Waals surface area contributed by atoms with Gasteiger partial charge in [0.25, 0.3) is 0 Å². The summed E-state index contributed by atoms with van der Waals surface area (Å²) in [5.74, 6) is -1.83. The van der Waals surface area contributed by atoms with Crippen LogP contribution in [0.3, 0.4) is 0 Å². The zero-order chi connectivity index (χ0) is 12.2. The molecule has 0 saturated carbocycles. The van der Waals surface area contributed by atoms with Crippen molar-refractivity contribution in [3.05, 3.63) is 0 Å². The molecule has 0 atom stereocenters. The summed E-state index contributed by atoms with van der Waals surface area (Å²) in [5.41, 5.74) is 3.49. The molecule has 0 aliphatic carbocycles. The first-order valence-electron chi connectivity index (χ1n) is 4.22. The van der Waals surface area contributed by atoms with Crippen molar-refractivity contribution in [2.75, 3.05) is 13.6 Å². The van der Waals surface area contributed by atoms with Crippen molar-refractivity contribution < 1.29 is 19.5 Å². The van der Waals surface area contributed by atoms with Gasteiger partial charge in [-0.25, -0.2) is 9.59 Å². The predicted molar refractivity (Wildman–Crippen MR) is 52.1 cm³/mol. The highest BCUT2D eigenvalue weighted by Crippen LogP contribution is 2.02. The molecule has 0 rings (SSSR count). The Kier molecular flexibility index (Phi) is 4.07. The fourth-order valence-electron chi connectivity index (χ4n) is 0.722. The molecule has 0 heterocycles.